The van der Waals surface area contributed by atoms with Crippen LogP contribution in [0.2, 0.25) is 0 Å². The fourth-order valence-corrected chi connectivity index (χ4v) is 4.71. The van der Waals surface area contributed by atoms with Crippen molar-refractivity contribution in [3.8, 4) is 16.5 Å². The predicted molar refractivity (Wildman–Crippen MR) is 131 cm³/mol. The lowest BCUT2D eigenvalue weighted by atomic mass is 9.94. The number of ether oxygens (including phenoxy) is 1. The van der Waals surface area contributed by atoms with Gasteiger partial charge in [0.2, 0.25) is 5.82 Å². The van der Waals surface area contributed by atoms with Crippen LogP contribution in [0.4, 0.5) is 9.18 Å². The van der Waals surface area contributed by atoms with Crippen LogP contribution in [0.1, 0.15) is 36.9 Å². The van der Waals surface area contributed by atoms with E-state index in [2.05, 4.69) is 15.5 Å². The molecule has 4 aromatic rings. The van der Waals surface area contributed by atoms with Gasteiger partial charge >= 0.3 is 6.03 Å². The molecule has 7 nitrogen and oxygen atoms in total. The molecule has 0 bridgehead atoms. The van der Waals surface area contributed by atoms with Crippen molar-refractivity contribution in [2.24, 2.45) is 0 Å². The van der Waals surface area contributed by atoms with Crippen molar-refractivity contribution in [3.63, 3.8) is 0 Å². The van der Waals surface area contributed by atoms with E-state index < -0.39 is 11.9 Å². The molecule has 35 heavy (non-hydrogen) atoms. The molecule has 1 unspecified atom stereocenters. The van der Waals surface area contributed by atoms with Crippen LogP contribution in [-0.2, 0) is 6.54 Å². The molecule has 0 radical (unpaired) electrons. The number of nitrogens with one attached hydrogen (secondary N) is 1. The molecule has 0 aliphatic carbocycles. The maximum atomic E-state index is 14.1. The first-order chi connectivity index (χ1) is 17.0. The zero-order valence-electron chi connectivity index (χ0n) is 19.2. The molecule has 2 aromatic heterocycles. The van der Waals surface area contributed by atoms with Gasteiger partial charge in [-0.15, -0.1) is 11.3 Å². The second kappa shape index (κ2) is 9.71. The maximum Gasteiger partial charge on any atom is 0.322 e. The van der Waals surface area contributed by atoms with Crippen LogP contribution in [0.5, 0.6) is 5.75 Å². The second-order valence-corrected chi connectivity index (χ2v) is 8.95. The lowest BCUT2D eigenvalue weighted by Gasteiger charge is -2.35. The molecule has 1 aliphatic rings. The summed E-state index contributed by atoms with van der Waals surface area (Å²) in [6.07, 6.45) is 0. The van der Waals surface area contributed by atoms with Gasteiger partial charge < -0.3 is 14.6 Å². The van der Waals surface area contributed by atoms with E-state index in [0.29, 0.717) is 35.8 Å². The molecule has 2 aromatic carbocycles. The summed E-state index contributed by atoms with van der Waals surface area (Å²) in [7, 11) is 0. The minimum absolute atomic E-state index is 0.275. The Morgan fingerprint density at radius 2 is 2.00 bits per heavy atom. The van der Waals surface area contributed by atoms with Gasteiger partial charge in [0.1, 0.15) is 11.6 Å². The molecule has 3 heterocycles. The third-order valence-electron chi connectivity index (χ3n) is 5.75. The van der Waals surface area contributed by atoms with E-state index in [-0.39, 0.29) is 11.9 Å². The third kappa shape index (κ3) is 4.67. The summed E-state index contributed by atoms with van der Waals surface area (Å²) >= 11 is 1.50. The van der Waals surface area contributed by atoms with Gasteiger partial charge in [0.15, 0.2) is 0 Å². The number of carbonyl (C=O) groups is 1. The highest BCUT2D eigenvalue weighted by Gasteiger charge is 2.36. The van der Waals surface area contributed by atoms with Gasteiger partial charge in [-0.05, 0) is 60.7 Å². The van der Waals surface area contributed by atoms with E-state index in [0.717, 1.165) is 16.2 Å². The normalized spacial score (nSPS) is 15.9. The number of urea groups is 1. The summed E-state index contributed by atoms with van der Waals surface area (Å²) in [6.45, 7) is 4.68. The molecular weight excluding hydrogens is 467 g/mol. The van der Waals surface area contributed by atoms with Crippen molar-refractivity contribution in [1.29, 1.82) is 0 Å². The van der Waals surface area contributed by atoms with Gasteiger partial charge in [0.05, 0.1) is 29.6 Å². The SMILES string of the molecule is CCOc1ccc(CN2C(=O)NC(c3cccc(F)c3)C(c3nc(-c4cccs4)no3)=C2C)cc1. The molecule has 2 amide bonds. The van der Waals surface area contributed by atoms with Crippen molar-refractivity contribution in [3.05, 3.63) is 94.6 Å². The number of carbonyl (C=O) groups excluding carboxylic acids is 1. The smallest absolute Gasteiger partial charge is 0.322 e. The average Bonchev–Trinajstić information content (AvgIpc) is 3.55. The lowest BCUT2D eigenvalue weighted by molar-refractivity contribution is 0.203. The molecule has 9 heteroatoms. The number of hydrogen-bond donors (Lipinski definition) is 1. The van der Waals surface area contributed by atoms with Crippen LogP contribution in [-0.4, -0.2) is 27.7 Å². The quantitative estimate of drug-likeness (QED) is 0.342. The number of benzene rings is 2. The van der Waals surface area contributed by atoms with E-state index in [4.69, 9.17) is 9.26 Å². The first kappa shape index (κ1) is 22.8. The number of halogens is 1. The Kier molecular flexibility index (Phi) is 6.33. The molecule has 178 valence electrons. The van der Waals surface area contributed by atoms with Crippen molar-refractivity contribution >= 4 is 22.9 Å². The molecular formula is C26H23FN4O3S. The van der Waals surface area contributed by atoms with E-state index in [1.807, 2.05) is 55.6 Å². The summed E-state index contributed by atoms with van der Waals surface area (Å²) < 4.78 is 25.3. The summed E-state index contributed by atoms with van der Waals surface area (Å²) in [4.78, 5) is 20.3. The molecule has 1 aliphatic heterocycles. The predicted octanol–water partition coefficient (Wildman–Crippen LogP) is 6.03. The highest BCUT2D eigenvalue weighted by atomic mass is 32.1. The number of thiophene rings is 1. The van der Waals surface area contributed by atoms with E-state index >= 15 is 0 Å². The van der Waals surface area contributed by atoms with Crippen LogP contribution >= 0.6 is 11.3 Å². The third-order valence-corrected chi connectivity index (χ3v) is 6.62. The van der Waals surface area contributed by atoms with Crippen LogP contribution < -0.4 is 10.1 Å². The largest absolute Gasteiger partial charge is 0.494 e. The van der Waals surface area contributed by atoms with Crippen LogP contribution in [0.3, 0.4) is 0 Å². The Hall–Kier alpha value is -3.98. The van der Waals surface area contributed by atoms with Crippen molar-refractivity contribution in [1.82, 2.24) is 20.4 Å². The zero-order chi connectivity index (χ0) is 24.4. The summed E-state index contributed by atoms with van der Waals surface area (Å²) in [5, 5.41) is 9.07. The van der Waals surface area contributed by atoms with Crippen molar-refractivity contribution < 1.29 is 18.4 Å². The van der Waals surface area contributed by atoms with Crippen molar-refractivity contribution in [2.75, 3.05) is 6.61 Å². The fourth-order valence-electron chi connectivity index (χ4n) is 4.06. The summed E-state index contributed by atoms with van der Waals surface area (Å²) in [5.74, 6) is 1.11. The van der Waals surface area contributed by atoms with Crippen LogP contribution in [0.15, 0.2) is 76.3 Å². The average molecular weight is 491 g/mol. The summed E-state index contributed by atoms with van der Waals surface area (Å²) in [5.41, 5.74) is 2.79. The Bertz CT molecular complexity index is 1370. The fraction of sp³-hybridized carbons (Fsp3) is 0.192. The Morgan fingerprint density at radius 1 is 1.17 bits per heavy atom. The molecule has 0 saturated heterocycles. The first-order valence-corrected chi connectivity index (χ1v) is 12.1. The number of nitrogens with zero attached hydrogens (tertiary/aromatic N) is 3. The molecule has 0 spiro atoms. The topological polar surface area (TPSA) is 80.5 Å². The molecule has 0 fully saturated rings. The Balaban J connectivity index is 1.55. The van der Waals surface area contributed by atoms with E-state index in [1.165, 1.54) is 23.5 Å². The standard InChI is InChI=1S/C26H23FN4O3S/c1-3-33-20-11-9-17(10-12-20)15-31-16(2)22(25-29-24(30-34-25)21-8-5-13-35-21)23(28-26(31)32)18-6-4-7-19(27)14-18/h4-14,23H,3,15H2,1-2H3,(H,28,32). The van der Waals surface area contributed by atoms with Gasteiger partial charge in [0, 0.05) is 5.70 Å². The number of aromatic nitrogens is 2. The van der Waals surface area contributed by atoms with Crippen LogP contribution in [0, 0.1) is 5.82 Å². The molecule has 5 rings (SSSR count). The minimum atomic E-state index is -0.647. The maximum absolute atomic E-state index is 14.1. The number of rotatable bonds is 7. The Morgan fingerprint density at radius 3 is 2.71 bits per heavy atom. The molecule has 1 N–H and O–H groups in total. The highest BCUT2D eigenvalue weighted by molar-refractivity contribution is 7.13. The molecule has 1 atom stereocenters. The van der Waals surface area contributed by atoms with Gasteiger partial charge in [-0.3, -0.25) is 4.90 Å². The number of amides is 2. The minimum Gasteiger partial charge on any atom is -0.494 e. The van der Waals surface area contributed by atoms with Gasteiger partial charge in [0.25, 0.3) is 5.89 Å². The van der Waals surface area contributed by atoms with Crippen LogP contribution in [0.25, 0.3) is 16.3 Å². The van der Waals surface area contributed by atoms with Gasteiger partial charge in [-0.1, -0.05) is 35.5 Å². The second-order valence-electron chi connectivity index (χ2n) is 8.00. The van der Waals surface area contributed by atoms with Gasteiger partial charge in [-0.2, -0.15) is 4.98 Å². The summed E-state index contributed by atoms with van der Waals surface area (Å²) in [6, 6.07) is 16.6. The Labute approximate surface area is 205 Å². The van der Waals surface area contributed by atoms with Gasteiger partial charge in [-0.25, -0.2) is 9.18 Å². The molecule has 0 saturated carbocycles. The monoisotopic (exact) mass is 490 g/mol. The lowest BCUT2D eigenvalue weighted by Crippen LogP contribution is -2.45. The zero-order valence-corrected chi connectivity index (χ0v) is 20.0. The first-order valence-electron chi connectivity index (χ1n) is 11.2. The highest BCUT2D eigenvalue weighted by Crippen LogP contribution is 2.38. The number of hydrogen-bond acceptors (Lipinski definition) is 6. The van der Waals surface area contributed by atoms with E-state index in [1.54, 1.807) is 17.0 Å². The van der Waals surface area contributed by atoms with Crippen molar-refractivity contribution in [2.45, 2.75) is 26.4 Å². The van der Waals surface area contributed by atoms with E-state index in [9.17, 15) is 9.18 Å². The number of allylic oxidation sites excluding steroid dienone is 1.